The molecular formula is C23H20N2O4. The summed E-state index contributed by atoms with van der Waals surface area (Å²) in [5.41, 5.74) is 2.50. The van der Waals surface area contributed by atoms with Crippen LogP contribution in [0.5, 0.6) is 11.5 Å². The van der Waals surface area contributed by atoms with Crippen LogP contribution in [0, 0.1) is 0 Å². The minimum absolute atomic E-state index is 0.0985. The van der Waals surface area contributed by atoms with Crippen LogP contribution in [0.2, 0.25) is 0 Å². The number of nitrogens with one attached hydrogen (secondary N) is 1. The van der Waals surface area contributed by atoms with Gasteiger partial charge in [-0.15, -0.1) is 0 Å². The van der Waals surface area contributed by atoms with Gasteiger partial charge in [0, 0.05) is 35.3 Å². The van der Waals surface area contributed by atoms with E-state index in [0.29, 0.717) is 28.3 Å². The van der Waals surface area contributed by atoms with E-state index < -0.39 is 0 Å². The number of amides is 1. The van der Waals surface area contributed by atoms with Crippen LogP contribution in [0.4, 0.5) is 5.69 Å². The lowest BCUT2D eigenvalue weighted by molar-refractivity contribution is -0.111. The topological polar surface area (TPSA) is 77.5 Å². The van der Waals surface area contributed by atoms with E-state index in [4.69, 9.17) is 9.47 Å². The van der Waals surface area contributed by atoms with Crippen molar-refractivity contribution in [3.63, 3.8) is 0 Å². The highest BCUT2D eigenvalue weighted by Crippen LogP contribution is 2.28. The standard InChI is InChI=1S/C23H20N2O4/c1-28-20-9-3-16(15-21(20)29-2)4-10-22(26)25-19-7-5-17(6-8-19)23(27)18-11-13-24-14-12-18/h3-15H,1-2H3,(H,25,26)/b10-4+. The zero-order valence-corrected chi connectivity index (χ0v) is 16.1. The second-order valence-corrected chi connectivity index (χ2v) is 6.08. The van der Waals surface area contributed by atoms with Gasteiger partial charge in [-0.05, 0) is 60.2 Å². The molecule has 0 fully saturated rings. The maximum atomic E-state index is 12.4. The Morgan fingerprint density at radius 1 is 0.862 bits per heavy atom. The summed E-state index contributed by atoms with van der Waals surface area (Å²) in [6, 6.07) is 15.4. The number of hydrogen-bond donors (Lipinski definition) is 1. The molecule has 1 aromatic heterocycles. The summed E-state index contributed by atoms with van der Waals surface area (Å²) in [6.07, 6.45) is 6.26. The molecule has 0 atom stereocenters. The van der Waals surface area contributed by atoms with Crippen molar-refractivity contribution in [2.75, 3.05) is 19.5 Å². The molecule has 3 aromatic rings. The van der Waals surface area contributed by atoms with E-state index >= 15 is 0 Å². The van der Waals surface area contributed by atoms with Gasteiger partial charge in [0.2, 0.25) is 5.91 Å². The van der Waals surface area contributed by atoms with Gasteiger partial charge in [-0.3, -0.25) is 14.6 Å². The van der Waals surface area contributed by atoms with E-state index in [1.807, 2.05) is 6.07 Å². The summed E-state index contributed by atoms with van der Waals surface area (Å²) in [5, 5.41) is 2.77. The first-order chi connectivity index (χ1) is 14.1. The smallest absolute Gasteiger partial charge is 0.248 e. The van der Waals surface area contributed by atoms with Crippen molar-refractivity contribution in [3.05, 3.63) is 89.8 Å². The molecule has 0 aliphatic carbocycles. The van der Waals surface area contributed by atoms with Crippen molar-refractivity contribution in [2.45, 2.75) is 0 Å². The number of anilines is 1. The average molecular weight is 388 g/mol. The SMILES string of the molecule is COc1ccc(/C=C/C(=O)Nc2ccc(C(=O)c3ccncc3)cc2)cc1OC. The van der Waals surface area contributed by atoms with Gasteiger partial charge in [0.15, 0.2) is 17.3 Å². The fraction of sp³-hybridized carbons (Fsp3) is 0.0870. The van der Waals surface area contributed by atoms with Gasteiger partial charge < -0.3 is 14.8 Å². The van der Waals surface area contributed by atoms with E-state index in [0.717, 1.165) is 5.56 Å². The molecule has 0 saturated heterocycles. The van der Waals surface area contributed by atoms with Crippen LogP contribution in [-0.4, -0.2) is 30.9 Å². The number of pyridine rings is 1. The van der Waals surface area contributed by atoms with Crippen LogP contribution in [0.25, 0.3) is 6.08 Å². The molecule has 1 heterocycles. The summed E-state index contributed by atoms with van der Waals surface area (Å²) < 4.78 is 10.4. The van der Waals surface area contributed by atoms with Crippen LogP contribution >= 0.6 is 0 Å². The molecule has 0 aliphatic heterocycles. The number of carbonyl (C=O) groups excluding carboxylic acids is 2. The first-order valence-corrected chi connectivity index (χ1v) is 8.86. The van der Waals surface area contributed by atoms with E-state index in [2.05, 4.69) is 10.3 Å². The number of benzene rings is 2. The summed E-state index contributed by atoms with van der Waals surface area (Å²) in [7, 11) is 3.12. The minimum Gasteiger partial charge on any atom is -0.493 e. The lowest BCUT2D eigenvalue weighted by atomic mass is 10.0. The minimum atomic E-state index is -0.284. The lowest BCUT2D eigenvalue weighted by Gasteiger charge is -2.07. The normalized spacial score (nSPS) is 10.6. The number of ether oxygens (including phenoxy) is 2. The molecule has 1 N–H and O–H groups in total. The van der Waals surface area contributed by atoms with Crippen LogP contribution in [-0.2, 0) is 4.79 Å². The number of carbonyl (C=O) groups is 2. The maximum Gasteiger partial charge on any atom is 0.248 e. The third-order valence-corrected chi connectivity index (χ3v) is 4.19. The average Bonchev–Trinajstić information content (AvgIpc) is 2.78. The van der Waals surface area contributed by atoms with E-state index in [1.54, 1.807) is 81.2 Å². The first-order valence-electron chi connectivity index (χ1n) is 8.86. The quantitative estimate of drug-likeness (QED) is 0.489. The van der Waals surface area contributed by atoms with Gasteiger partial charge in [0.05, 0.1) is 14.2 Å². The Bertz CT molecular complexity index is 1030. The fourth-order valence-corrected chi connectivity index (χ4v) is 2.69. The molecule has 3 rings (SSSR count). The van der Waals surface area contributed by atoms with Crippen LogP contribution in [0.1, 0.15) is 21.5 Å². The Labute approximate surface area is 168 Å². The van der Waals surface area contributed by atoms with Crippen molar-refractivity contribution in [1.29, 1.82) is 0 Å². The lowest BCUT2D eigenvalue weighted by Crippen LogP contribution is -2.08. The molecule has 146 valence electrons. The third kappa shape index (κ3) is 5.07. The molecule has 0 unspecified atom stereocenters. The molecule has 0 spiro atoms. The fourth-order valence-electron chi connectivity index (χ4n) is 2.69. The van der Waals surface area contributed by atoms with Crippen LogP contribution < -0.4 is 14.8 Å². The van der Waals surface area contributed by atoms with Crippen molar-refractivity contribution in [3.8, 4) is 11.5 Å². The van der Waals surface area contributed by atoms with E-state index in [1.165, 1.54) is 6.08 Å². The highest BCUT2D eigenvalue weighted by Gasteiger charge is 2.09. The van der Waals surface area contributed by atoms with Gasteiger partial charge in [-0.2, -0.15) is 0 Å². The Morgan fingerprint density at radius 2 is 1.52 bits per heavy atom. The van der Waals surface area contributed by atoms with E-state index in [9.17, 15) is 9.59 Å². The highest BCUT2D eigenvalue weighted by atomic mass is 16.5. The molecule has 0 bridgehead atoms. The van der Waals surface area contributed by atoms with Crippen molar-refractivity contribution in [1.82, 2.24) is 4.98 Å². The molecular weight excluding hydrogens is 368 g/mol. The summed E-state index contributed by atoms with van der Waals surface area (Å²) in [5.74, 6) is 0.826. The van der Waals surface area contributed by atoms with E-state index in [-0.39, 0.29) is 11.7 Å². The highest BCUT2D eigenvalue weighted by molar-refractivity contribution is 6.09. The maximum absolute atomic E-state index is 12.4. The number of nitrogens with zero attached hydrogens (tertiary/aromatic N) is 1. The molecule has 2 aromatic carbocycles. The van der Waals surface area contributed by atoms with Crippen molar-refractivity contribution < 1.29 is 19.1 Å². The number of ketones is 1. The predicted molar refractivity (Wildman–Crippen MR) is 111 cm³/mol. The zero-order chi connectivity index (χ0) is 20.6. The molecule has 0 radical (unpaired) electrons. The molecule has 0 saturated carbocycles. The third-order valence-electron chi connectivity index (χ3n) is 4.19. The number of aromatic nitrogens is 1. The Morgan fingerprint density at radius 3 is 2.17 bits per heavy atom. The predicted octanol–water partition coefficient (Wildman–Crippen LogP) is 3.98. The van der Waals surface area contributed by atoms with Gasteiger partial charge in [-0.1, -0.05) is 6.07 Å². The second kappa shape index (κ2) is 9.32. The molecule has 0 aliphatic rings. The Balaban J connectivity index is 1.64. The molecule has 29 heavy (non-hydrogen) atoms. The summed E-state index contributed by atoms with van der Waals surface area (Å²) in [6.45, 7) is 0. The van der Waals surface area contributed by atoms with Crippen molar-refractivity contribution >= 4 is 23.5 Å². The number of rotatable bonds is 7. The van der Waals surface area contributed by atoms with Gasteiger partial charge >= 0.3 is 0 Å². The summed E-state index contributed by atoms with van der Waals surface area (Å²) >= 11 is 0. The molecule has 1 amide bonds. The van der Waals surface area contributed by atoms with Crippen LogP contribution in [0.3, 0.4) is 0 Å². The summed E-state index contributed by atoms with van der Waals surface area (Å²) in [4.78, 5) is 28.5. The Hall–Kier alpha value is -3.93. The van der Waals surface area contributed by atoms with Crippen LogP contribution in [0.15, 0.2) is 73.1 Å². The largest absolute Gasteiger partial charge is 0.493 e. The van der Waals surface area contributed by atoms with Gasteiger partial charge in [0.1, 0.15) is 0 Å². The van der Waals surface area contributed by atoms with Gasteiger partial charge in [-0.25, -0.2) is 0 Å². The van der Waals surface area contributed by atoms with Crippen molar-refractivity contribution in [2.24, 2.45) is 0 Å². The molecule has 6 nitrogen and oxygen atoms in total. The number of hydrogen-bond acceptors (Lipinski definition) is 5. The first kappa shape index (κ1) is 19.8. The molecule has 6 heteroatoms. The number of methoxy groups -OCH3 is 2. The Kier molecular flexibility index (Phi) is 6.37. The zero-order valence-electron chi connectivity index (χ0n) is 16.1. The van der Waals surface area contributed by atoms with Gasteiger partial charge in [0.25, 0.3) is 0 Å². The monoisotopic (exact) mass is 388 g/mol. The second-order valence-electron chi connectivity index (χ2n) is 6.08.